The molecule has 1 saturated heterocycles. The molecule has 1 aliphatic heterocycles. The number of hydrogen-bond acceptors (Lipinski definition) is 7. The lowest BCUT2D eigenvalue weighted by Crippen LogP contribution is -2.50. The van der Waals surface area contributed by atoms with Gasteiger partial charge in [-0.05, 0) is 13.0 Å². The zero-order chi connectivity index (χ0) is 17.1. The molecule has 0 spiro atoms. The summed E-state index contributed by atoms with van der Waals surface area (Å²) in [5, 5.41) is 18.3. The quantitative estimate of drug-likeness (QED) is 0.583. The molecule has 10 nitrogen and oxygen atoms in total. The second-order valence-corrected chi connectivity index (χ2v) is 5.53. The van der Waals surface area contributed by atoms with Gasteiger partial charge in [0.05, 0.1) is 16.8 Å². The molecule has 10 heteroatoms. The van der Waals surface area contributed by atoms with Gasteiger partial charge in [0, 0.05) is 32.2 Å². The van der Waals surface area contributed by atoms with E-state index < -0.39 is 4.92 Å². The number of aryl methyl sites for hydroxylation is 1. The summed E-state index contributed by atoms with van der Waals surface area (Å²) in [6.07, 6.45) is 2.87. The van der Waals surface area contributed by atoms with Crippen LogP contribution >= 0.6 is 0 Å². The fourth-order valence-electron chi connectivity index (χ4n) is 2.55. The third kappa shape index (κ3) is 3.31. The normalized spacial score (nSPS) is 14.7. The van der Waals surface area contributed by atoms with Crippen molar-refractivity contribution in [2.75, 3.05) is 31.1 Å². The Morgan fingerprint density at radius 2 is 2.00 bits per heavy atom. The fourth-order valence-corrected chi connectivity index (χ4v) is 2.55. The Kier molecular flexibility index (Phi) is 4.36. The Morgan fingerprint density at radius 3 is 2.54 bits per heavy atom. The fraction of sp³-hybridized carbons (Fsp3) is 0.429. The summed E-state index contributed by atoms with van der Waals surface area (Å²) >= 11 is 0. The number of aromatic nitrogens is 4. The van der Waals surface area contributed by atoms with E-state index in [1.54, 1.807) is 21.8 Å². The van der Waals surface area contributed by atoms with E-state index in [4.69, 9.17) is 0 Å². The molecule has 0 aliphatic carbocycles. The van der Waals surface area contributed by atoms with Crippen molar-refractivity contribution in [1.82, 2.24) is 24.9 Å². The second-order valence-electron chi connectivity index (χ2n) is 5.53. The van der Waals surface area contributed by atoms with Gasteiger partial charge in [0.2, 0.25) is 5.91 Å². The predicted molar refractivity (Wildman–Crippen MR) is 84.4 cm³/mol. The molecule has 1 fully saturated rings. The van der Waals surface area contributed by atoms with Crippen LogP contribution in [0.5, 0.6) is 0 Å². The number of nitro groups is 1. The van der Waals surface area contributed by atoms with Gasteiger partial charge in [-0.1, -0.05) is 5.21 Å². The van der Waals surface area contributed by atoms with Crippen LogP contribution in [0, 0.1) is 17.0 Å². The highest BCUT2D eigenvalue weighted by atomic mass is 16.6. The van der Waals surface area contributed by atoms with Gasteiger partial charge in [0.15, 0.2) is 0 Å². The maximum atomic E-state index is 12.3. The first kappa shape index (κ1) is 15.8. The summed E-state index contributed by atoms with van der Waals surface area (Å²) in [5.74, 6) is 0.680. The third-order valence-corrected chi connectivity index (χ3v) is 4.00. The summed E-state index contributed by atoms with van der Waals surface area (Å²) in [6, 6.07) is 3.07. The topological polar surface area (TPSA) is 110 Å². The molecule has 1 amide bonds. The molecule has 0 radical (unpaired) electrons. The maximum Gasteiger partial charge on any atom is 0.287 e. The van der Waals surface area contributed by atoms with Crippen molar-refractivity contribution in [3.05, 3.63) is 40.3 Å². The minimum Gasteiger partial charge on any atom is -0.353 e. The summed E-state index contributed by atoms with van der Waals surface area (Å²) in [6.45, 7) is 4.45. The van der Waals surface area contributed by atoms with Crippen LogP contribution in [-0.4, -0.2) is 61.9 Å². The van der Waals surface area contributed by atoms with E-state index in [0.29, 0.717) is 32.0 Å². The zero-order valence-electron chi connectivity index (χ0n) is 13.2. The average Bonchev–Trinajstić information content (AvgIpc) is 3.00. The highest BCUT2D eigenvalue weighted by molar-refractivity contribution is 5.76. The summed E-state index contributed by atoms with van der Waals surface area (Å²) in [5.41, 5.74) is 0.813. The van der Waals surface area contributed by atoms with E-state index in [2.05, 4.69) is 15.3 Å². The summed E-state index contributed by atoms with van der Waals surface area (Å²) in [7, 11) is 0. The van der Waals surface area contributed by atoms with Gasteiger partial charge in [0.25, 0.3) is 5.69 Å². The number of pyridine rings is 1. The SMILES string of the molecule is Cc1cnnn1CC(=O)N1CCN(c2ccc([N+](=O)[O-])cn2)CC1. The van der Waals surface area contributed by atoms with Gasteiger partial charge >= 0.3 is 0 Å². The van der Waals surface area contributed by atoms with Crippen molar-refractivity contribution in [1.29, 1.82) is 0 Å². The number of rotatable bonds is 4. The highest BCUT2D eigenvalue weighted by Gasteiger charge is 2.23. The van der Waals surface area contributed by atoms with Crippen molar-refractivity contribution >= 4 is 17.4 Å². The predicted octanol–water partition coefficient (Wildman–Crippen LogP) is 0.239. The molecule has 1 aliphatic rings. The van der Waals surface area contributed by atoms with Crippen molar-refractivity contribution in [2.45, 2.75) is 13.5 Å². The molecule has 0 N–H and O–H groups in total. The van der Waals surface area contributed by atoms with E-state index in [9.17, 15) is 14.9 Å². The molecule has 2 aromatic rings. The molecule has 0 saturated carbocycles. The molecule has 0 atom stereocenters. The lowest BCUT2D eigenvalue weighted by molar-refractivity contribution is -0.385. The van der Waals surface area contributed by atoms with Crippen LogP contribution in [0.2, 0.25) is 0 Å². The first-order chi connectivity index (χ1) is 11.5. The summed E-state index contributed by atoms with van der Waals surface area (Å²) in [4.78, 5) is 30.4. The van der Waals surface area contributed by atoms with Crippen molar-refractivity contribution in [2.24, 2.45) is 0 Å². The summed E-state index contributed by atoms with van der Waals surface area (Å²) < 4.78 is 1.58. The van der Waals surface area contributed by atoms with Crippen molar-refractivity contribution in [3.63, 3.8) is 0 Å². The van der Waals surface area contributed by atoms with Gasteiger partial charge in [0.1, 0.15) is 18.6 Å². The number of hydrogen-bond donors (Lipinski definition) is 0. The Morgan fingerprint density at radius 1 is 1.25 bits per heavy atom. The Labute approximate surface area is 137 Å². The minimum absolute atomic E-state index is 0.0000845. The molecule has 0 bridgehead atoms. The van der Waals surface area contributed by atoms with Crippen LogP contribution < -0.4 is 4.90 Å². The second kappa shape index (κ2) is 6.60. The highest BCUT2D eigenvalue weighted by Crippen LogP contribution is 2.17. The third-order valence-electron chi connectivity index (χ3n) is 4.00. The van der Waals surface area contributed by atoms with Crippen LogP contribution in [0.3, 0.4) is 0 Å². The molecule has 3 heterocycles. The largest absolute Gasteiger partial charge is 0.353 e. The van der Waals surface area contributed by atoms with Crippen LogP contribution in [0.25, 0.3) is 0 Å². The first-order valence-corrected chi connectivity index (χ1v) is 7.53. The number of amides is 1. The van der Waals surface area contributed by atoms with Crippen molar-refractivity contribution < 1.29 is 9.72 Å². The number of piperazine rings is 1. The molecule has 0 unspecified atom stereocenters. The monoisotopic (exact) mass is 331 g/mol. The minimum atomic E-state index is -0.473. The first-order valence-electron chi connectivity index (χ1n) is 7.53. The van der Waals surface area contributed by atoms with Crippen LogP contribution in [0.15, 0.2) is 24.5 Å². The molecule has 0 aromatic carbocycles. The molecular weight excluding hydrogens is 314 g/mol. The van der Waals surface area contributed by atoms with Crippen LogP contribution in [-0.2, 0) is 11.3 Å². The van der Waals surface area contributed by atoms with E-state index in [1.807, 2.05) is 11.8 Å². The number of carbonyl (C=O) groups is 1. The Balaban J connectivity index is 1.56. The van der Waals surface area contributed by atoms with Gasteiger partial charge in [-0.25, -0.2) is 9.67 Å². The van der Waals surface area contributed by atoms with E-state index in [1.165, 1.54) is 12.3 Å². The molecule has 2 aromatic heterocycles. The Bertz CT molecular complexity index is 735. The van der Waals surface area contributed by atoms with Gasteiger partial charge < -0.3 is 9.80 Å². The number of anilines is 1. The Hall–Kier alpha value is -3.04. The van der Waals surface area contributed by atoms with Gasteiger partial charge in [-0.15, -0.1) is 5.10 Å². The smallest absolute Gasteiger partial charge is 0.287 e. The molecule has 24 heavy (non-hydrogen) atoms. The number of nitrogens with zero attached hydrogens (tertiary/aromatic N) is 7. The van der Waals surface area contributed by atoms with E-state index >= 15 is 0 Å². The standard InChI is InChI=1S/C14H17N7O3/c1-11-8-16-17-20(11)10-14(22)19-6-4-18(5-7-19)13-3-2-12(9-15-13)21(23)24/h2-3,8-9H,4-7,10H2,1H3. The average molecular weight is 331 g/mol. The van der Waals surface area contributed by atoms with Gasteiger partial charge in [-0.2, -0.15) is 0 Å². The molecule has 3 rings (SSSR count). The number of carbonyl (C=O) groups excluding carboxylic acids is 1. The molecule has 126 valence electrons. The van der Waals surface area contributed by atoms with E-state index in [-0.39, 0.29) is 18.1 Å². The van der Waals surface area contributed by atoms with Crippen molar-refractivity contribution in [3.8, 4) is 0 Å². The molecular formula is C14H17N7O3. The van der Waals surface area contributed by atoms with Crippen LogP contribution in [0.1, 0.15) is 5.69 Å². The zero-order valence-corrected chi connectivity index (χ0v) is 13.2. The van der Waals surface area contributed by atoms with Crippen LogP contribution in [0.4, 0.5) is 11.5 Å². The lowest BCUT2D eigenvalue weighted by atomic mass is 10.3. The lowest BCUT2D eigenvalue weighted by Gasteiger charge is -2.35. The van der Waals surface area contributed by atoms with E-state index in [0.717, 1.165) is 5.69 Å². The maximum absolute atomic E-state index is 12.3. The van der Waals surface area contributed by atoms with Gasteiger partial charge in [-0.3, -0.25) is 14.9 Å².